The smallest absolute Gasteiger partial charge is 0.0868 e. The fraction of sp³-hybridized carbons (Fsp3) is 0.368. The number of rotatable bonds is 6. The molecule has 0 saturated heterocycles. The van der Waals surface area contributed by atoms with E-state index in [1.54, 1.807) is 0 Å². The van der Waals surface area contributed by atoms with Crippen LogP contribution in [0.3, 0.4) is 0 Å². The number of hydrogen-bond donors (Lipinski definition) is 1. The van der Waals surface area contributed by atoms with Gasteiger partial charge >= 0.3 is 0 Å². The molecule has 0 spiro atoms. The third-order valence-corrected chi connectivity index (χ3v) is 3.96. The second kappa shape index (κ2) is 6.71. The molecule has 0 fully saturated rings. The van der Waals surface area contributed by atoms with Crippen molar-refractivity contribution in [2.45, 2.75) is 45.1 Å². The Morgan fingerprint density at radius 2 is 1.55 bits per heavy atom. The highest BCUT2D eigenvalue weighted by molar-refractivity contribution is 5.26. The molecule has 1 atom stereocenters. The average molecular weight is 268 g/mol. The van der Waals surface area contributed by atoms with Crippen LogP contribution in [0.4, 0.5) is 0 Å². The SMILES string of the molecule is CCc1ccc(C(C)(O)CCCc2ccccc2)cc1. The molecule has 2 rings (SSSR count). The van der Waals surface area contributed by atoms with Gasteiger partial charge in [-0.2, -0.15) is 0 Å². The highest BCUT2D eigenvalue weighted by Crippen LogP contribution is 2.27. The molecule has 106 valence electrons. The van der Waals surface area contributed by atoms with Crippen LogP contribution in [0.15, 0.2) is 54.6 Å². The highest BCUT2D eigenvalue weighted by Gasteiger charge is 2.22. The van der Waals surface area contributed by atoms with Gasteiger partial charge in [0.25, 0.3) is 0 Å². The van der Waals surface area contributed by atoms with E-state index >= 15 is 0 Å². The van der Waals surface area contributed by atoms with E-state index in [0.29, 0.717) is 0 Å². The van der Waals surface area contributed by atoms with Crippen LogP contribution in [0.25, 0.3) is 0 Å². The molecule has 1 N–H and O–H groups in total. The Kier molecular flexibility index (Phi) is 4.97. The molecule has 0 saturated carbocycles. The Hall–Kier alpha value is -1.60. The van der Waals surface area contributed by atoms with Crippen molar-refractivity contribution in [2.75, 3.05) is 0 Å². The minimum atomic E-state index is -0.735. The molecule has 1 nitrogen and oxygen atoms in total. The largest absolute Gasteiger partial charge is 0.385 e. The molecule has 0 aromatic heterocycles. The monoisotopic (exact) mass is 268 g/mol. The van der Waals surface area contributed by atoms with E-state index in [1.165, 1.54) is 11.1 Å². The van der Waals surface area contributed by atoms with E-state index in [9.17, 15) is 5.11 Å². The van der Waals surface area contributed by atoms with E-state index in [0.717, 1.165) is 31.2 Å². The van der Waals surface area contributed by atoms with Gasteiger partial charge in [-0.3, -0.25) is 0 Å². The molecule has 0 aliphatic heterocycles. The van der Waals surface area contributed by atoms with Crippen LogP contribution in [0.1, 0.15) is 43.4 Å². The molecule has 0 aliphatic carbocycles. The van der Waals surface area contributed by atoms with Crippen LogP contribution in [-0.2, 0) is 18.4 Å². The molecule has 0 radical (unpaired) electrons. The van der Waals surface area contributed by atoms with Crippen molar-refractivity contribution in [3.8, 4) is 0 Å². The van der Waals surface area contributed by atoms with Crippen LogP contribution >= 0.6 is 0 Å². The summed E-state index contributed by atoms with van der Waals surface area (Å²) >= 11 is 0. The predicted molar refractivity (Wildman–Crippen MR) is 84.8 cm³/mol. The summed E-state index contributed by atoms with van der Waals surface area (Å²) in [6.07, 6.45) is 3.83. The summed E-state index contributed by atoms with van der Waals surface area (Å²) in [5.74, 6) is 0. The standard InChI is InChI=1S/C19H24O/c1-3-16-11-13-18(14-12-16)19(2,20)15-7-10-17-8-5-4-6-9-17/h4-6,8-9,11-14,20H,3,7,10,15H2,1-2H3. The molecule has 1 unspecified atom stereocenters. The fourth-order valence-electron chi connectivity index (χ4n) is 2.53. The van der Waals surface area contributed by atoms with Crippen molar-refractivity contribution < 1.29 is 5.11 Å². The lowest BCUT2D eigenvalue weighted by Gasteiger charge is -2.24. The van der Waals surface area contributed by atoms with Gasteiger partial charge in [0.05, 0.1) is 5.60 Å². The lowest BCUT2D eigenvalue weighted by atomic mass is 9.89. The second-order valence-corrected chi connectivity index (χ2v) is 5.66. The maximum absolute atomic E-state index is 10.6. The van der Waals surface area contributed by atoms with Crippen molar-refractivity contribution in [2.24, 2.45) is 0 Å². The lowest BCUT2D eigenvalue weighted by molar-refractivity contribution is 0.0457. The van der Waals surface area contributed by atoms with E-state index in [2.05, 4.69) is 55.5 Å². The first kappa shape index (κ1) is 14.8. The highest BCUT2D eigenvalue weighted by atomic mass is 16.3. The van der Waals surface area contributed by atoms with Crippen molar-refractivity contribution in [1.29, 1.82) is 0 Å². The quantitative estimate of drug-likeness (QED) is 0.819. The van der Waals surface area contributed by atoms with Gasteiger partial charge in [0.2, 0.25) is 0 Å². The molecule has 2 aromatic rings. The molecule has 1 heteroatoms. The third-order valence-electron chi connectivity index (χ3n) is 3.96. The Balaban J connectivity index is 1.92. The topological polar surface area (TPSA) is 20.2 Å². The maximum atomic E-state index is 10.6. The number of hydrogen-bond acceptors (Lipinski definition) is 1. The number of aryl methyl sites for hydroxylation is 2. The molecule has 0 bridgehead atoms. The third kappa shape index (κ3) is 3.94. The predicted octanol–water partition coefficient (Wildman–Crippen LogP) is 4.48. The lowest BCUT2D eigenvalue weighted by Crippen LogP contribution is -2.21. The summed E-state index contributed by atoms with van der Waals surface area (Å²) < 4.78 is 0. The minimum absolute atomic E-state index is 0.735. The molecule has 0 amide bonds. The Bertz CT molecular complexity index is 511. The molecule has 0 aliphatic rings. The Morgan fingerprint density at radius 1 is 0.900 bits per heavy atom. The van der Waals surface area contributed by atoms with Crippen LogP contribution < -0.4 is 0 Å². The summed E-state index contributed by atoms with van der Waals surface area (Å²) in [7, 11) is 0. The van der Waals surface area contributed by atoms with Gasteiger partial charge in [0, 0.05) is 0 Å². The number of aliphatic hydroxyl groups is 1. The Morgan fingerprint density at radius 3 is 2.15 bits per heavy atom. The van der Waals surface area contributed by atoms with E-state index in [4.69, 9.17) is 0 Å². The molecule has 0 heterocycles. The summed E-state index contributed by atoms with van der Waals surface area (Å²) in [6.45, 7) is 4.06. The molecule has 2 aromatic carbocycles. The second-order valence-electron chi connectivity index (χ2n) is 5.66. The van der Waals surface area contributed by atoms with Gasteiger partial charge in [-0.05, 0) is 49.3 Å². The van der Waals surface area contributed by atoms with Crippen LogP contribution in [-0.4, -0.2) is 5.11 Å². The zero-order chi connectivity index (χ0) is 14.4. The first-order valence-corrected chi connectivity index (χ1v) is 7.47. The van der Waals surface area contributed by atoms with Crippen molar-refractivity contribution >= 4 is 0 Å². The van der Waals surface area contributed by atoms with Crippen molar-refractivity contribution in [3.63, 3.8) is 0 Å². The van der Waals surface area contributed by atoms with Gasteiger partial charge in [-0.25, -0.2) is 0 Å². The Labute approximate surface area is 122 Å². The van der Waals surface area contributed by atoms with Gasteiger partial charge < -0.3 is 5.11 Å². The maximum Gasteiger partial charge on any atom is 0.0868 e. The average Bonchev–Trinajstić information content (AvgIpc) is 2.48. The summed E-state index contributed by atoms with van der Waals surface area (Å²) in [4.78, 5) is 0. The molecule has 20 heavy (non-hydrogen) atoms. The molecular formula is C19H24O. The number of benzene rings is 2. The zero-order valence-electron chi connectivity index (χ0n) is 12.5. The van der Waals surface area contributed by atoms with Gasteiger partial charge in [0.15, 0.2) is 0 Å². The normalized spacial score (nSPS) is 13.9. The summed E-state index contributed by atoms with van der Waals surface area (Å²) in [6, 6.07) is 18.8. The zero-order valence-corrected chi connectivity index (χ0v) is 12.5. The first-order chi connectivity index (χ1) is 9.62. The summed E-state index contributed by atoms with van der Waals surface area (Å²) in [5.41, 5.74) is 2.93. The fourth-order valence-corrected chi connectivity index (χ4v) is 2.53. The van der Waals surface area contributed by atoms with Crippen LogP contribution in [0.2, 0.25) is 0 Å². The van der Waals surface area contributed by atoms with E-state index in [1.807, 2.05) is 13.0 Å². The van der Waals surface area contributed by atoms with Gasteiger partial charge in [-0.1, -0.05) is 61.5 Å². The van der Waals surface area contributed by atoms with Crippen molar-refractivity contribution in [1.82, 2.24) is 0 Å². The minimum Gasteiger partial charge on any atom is -0.385 e. The van der Waals surface area contributed by atoms with E-state index in [-0.39, 0.29) is 0 Å². The van der Waals surface area contributed by atoms with E-state index < -0.39 is 5.60 Å². The molecular weight excluding hydrogens is 244 g/mol. The van der Waals surface area contributed by atoms with Crippen LogP contribution in [0, 0.1) is 0 Å². The van der Waals surface area contributed by atoms with Crippen molar-refractivity contribution in [3.05, 3.63) is 71.3 Å². The van der Waals surface area contributed by atoms with Gasteiger partial charge in [0.1, 0.15) is 0 Å². The summed E-state index contributed by atoms with van der Waals surface area (Å²) in [5, 5.41) is 10.6. The first-order valence-electron chi connectivity index (χ1n) is 7.47. The van der Waals surface area contributed by atoms with Gasteiger partial charge in [-0.15, -0.1) is 0 Å². The van der Waals surface area contributed by atoms with Crippen LogP contribution in [0.5, 0.6) is 0 Å².